The maximum absolute atomic E-state index is 13.3. The molecule has 0 aliphatic carbocycles. The minimum Gasteiger partial charge on any atom is -0.464 e. The summed E-state index contributed by atoms with van der Waals surface area (Å²) >= 11 is 5.90. The van der Waals surface area contributed by atoms with Gasteiger partial charge in [0.25, 0.3) is 0 Å². The SMILES string of the molecule is COC(=O)c1nc(-c2cc(F)ccc2N)cc(N)c1Cl. The van der Waals surface area contributed by atoms with Crippen molar-refractivity contribution in [2.45, 2.75) is 0 Å². The van der Waals surface area contributed by atoms with Crippen LogP contribution in [0.3, 0.4) is 0 Å². The van der Waals surface area contributed by atoms with Crippen molar-refractivity contribution in [1.82, 2.24) is 4.98 Å². The third-order valence-corrected chi connectivity index (χ3v) is 3.05. The molecule has 4 N–H and O–H groups in total. The average molecular weight is 296 g/mol. The number of nitrogens with two attached hydrogens (primary N) is 2. The molecule has 0 amide bonds. The van der Waals surface area contributed by atoms with Crippen molar-refractivity contribution in [3.05, 3.63) is 40.8 Å². The standard InChI is InChI=1S/C13H11ClFN3O2/c1-20-13(19)12-11(14)9(17)5-10(18-12)7-4-6(15)2-3-8(7)16/h2-5H,16H2,1H3,(H2,17,18). The van der Waals surface area contributed by atoms with E-state index >= 15 is 0 Å². The van der Waals surface area contributed by atoms with Gasteiger partial charge in [0.2, 0.25) is 0 Å². The number of aromatic nitrogens is 1. The van der Waals surface area contributed by atoms with Crippen molar-refractivity contribution in [3.8, 4) is 11.3 Å². The number of ether oxygens (including phenoxy) is 1. The number of nitrogen functional groups attached to an aromatic ring is 2. The molecule has 7 heteroatoms. The van der Waals surface area contributed by atoms with E-state index in [1.807, 2.05) is 0 Å². The Bertz CT molecular complexity index is 692. The number of nitrogens with zero attached hydrogens (tertiary/aromatic N) is 1. The van der Waals surface area contributed by atoms with Gasteiger partial charge in [-0.1, -0.05) is 11.6 Å². The molecule has 0 saturated heterocycles. The van der Waals surface area contributed by atoms with E-state index in [2.05, 4.69) is 9.72 Å². The van der Waals surface area contributed by atoms with Crippen molar-refractivity contribution < 1.29 is 13.9 Å². The van der Waals surface area contributed by atoms with Crippen molar-refractivity contribution in [2.75, 3.05) is 18.6 Å². The van der Waals surface area contributed by atoms with Crippen LogP contribution in [-0.2, 0) is 4.74 Å². The third kappa shape index (κ3) is 2.50. The molecule has 0 unspecified atom stereocenters. The van der Waals surface area contributed by atoms with Gasteiger partial charge < -0.3 is 16.2 Å². The molecule has 0 saturated carbocycles. The van der Waals surface area contributed by atoms with Crippen LogP contribution in [0, 0.1) is 5.82 Å². The summed E-state index contributed by atoms with van der Waals surface area (Å²) in [5.41, 5.74) is 12.3. The molecule has 5 nitrogen and oxygen atoms in total. The lowest BCUT2D eigenvalue weighted by molar-refractivity contribution is 0.0594. The fraction of sp³-hybridized carbons (Fsp3) is 0.0769. The van der Waals surface area contributed by atoms with Crippen molar-refractivity contribution in [1.29, 1.82) is 0 Å². The van der Waals surface area contributed by atoms with E-state index in [0.717, 1.165) is 0 Å². The van der Waals surface area contributed by atoms with E-state index in [4.69, 9.17) is 23.1 Å². The molecule has 0 bridgehead atoms. The number of anilines is 2. The molecule has 0 aliphatic rings. The highest BCUT2D eigenvalue weighted by atomic mass is 35.5. The Hall–Kier alpha value is -2.34. The van der Waals surface area contributed by atoms with Crippen LogP contribution >= 0.6 is 11.6 Å². The monoisotopic (exact) mass is 295 g/mol. The van der Waals surface area contributed by atoms with Gasteiger partial charge in [-0.3, -0.25) is 0 Å². The average Bonchev–Trinajstić information content (AvgIpc) is 2.43. The third-order valence-electron chi connectivity index (χ3n) is 2.66. The number of hydrogen-bond acceptors (Lipinski definition) is 5. The van der Waals surface area contributed by atoms with Crippen LogP contribution in [-0.4, -0.2) is 18.1 Å². The van der Waals surface area contributed by atoms with E-state index in [0.29, 0.717) is 11.3 Å². The van der Waals surface area contributed by atoms with Crippen molar-refractivity contribution in [2.24, 2.45) is 0 Å². The molecule has 2 rings (SSSR count). The number of rotatable bonds is 2. The Morgan fingerprint density at radius 1 is 1.30 bits per heavy atom. The Balaban J connectivity index is 2.66. The minimum absolute atomic E-state index is 0.0180. The zero-order valence-corrected chi connectivity index (χ0v) is 11.2. The number of hydrogen-bond donors (Lipinski definition) is 2. The van der Waals surface area contributed by atoms with Crippen LogP contribution in [0.2, 0.25) is 5.02 Å². The molecule has 1 aromatic heterocycles. The number of esters is 1. The first-order chi connectivity index (χ1) is 9.43. The number of carbonyl (C=O) groups excluding carboxylic acids is 1. The molecular formula is C13H11ClFN3O2. The fourth-order valence-electron chi connectivity index (χ4n) is 1.67. The zero-order chi connectivity index (χ0) is 14.9. The normalized spacial score (nSPS) is 10.3. The molecule has 0 radical (unpaired) electrons. The first-order valence-corrected chi connectivity index (χ1v) is 5.91. The van der Waals surface area contributed by atoms with Gasteiger partial charge in [0.15, 0.2) is 5.69 Å². The van der Waals surface area contributed by atoms with Crippen LogP contribution in [0.4, 0.5) is 15.8 Å². The Morgan fingerprint density at radius 2 is 2.00 bits per heavy atom. The van der Waals surface area contributed by atoms with E-state index in [9.17, 15) is 9.18 Å². The maximum atomic E-state index is 13.3. The number of pyridine rings is 1. The topological polar surface area (TPSA) is 91.2 Å². The van der Waals surface area contributed by atoms with Crippen LogP contribution in [0.25, 0.3) is 11.3 Å². The Morgan fingerprint density at radius 3 is 2.65 bits per heavy atom. The smallest absolute Gasteiger partial charge is 0.358 e. The van der Waals surface area contributed by atoms with E-state index in [1.165, 1.54) is 31.4 Å². The summed E-state index contributed by atoms with van der Waals surface area (Å²) in [6.07, 6.45) is 0. The number of carbonyl (C=O) groups is 1. The van der Waals surface area contributed by atoms with Gasteiger partial charge in [0.05, 0.1) is 23.5 Å². The first-order valence-electron chi connectivity index (χ1n) is 5.53. The zero-order valence-electron chi connectivity index (χ0n) is 10.5. The molecule has 0 fully saturated rings. The minimum atomic E-state index is -0.737. The van der Waals surface area contributed by atoms with Gasteiger partial charge in [-0.25, -0.2) is 14.2 Å². The van der Waals surface area contributed by atoms with Crippen molar-refractivity contribution in [3.63, 3.8) is 0 Å². The second kappa shape index (κ2) is 5.34. The highest BCUT2D eigenvalue weighted by molar-refractivity contribution is 6.35. The molecule has 1 aromatic carbocycles. The van der Waals surface area contributed by atoms with Crippen LogP contribution in [0.1, 0.15) is 10.5 Å². The van der Waals surface area contributed by atoms with Gasteiger partial charge in [0, 0.05) is 11.3 Å². The Labute approximate surface area is 119 Å². The molecule has 20 heavy (non-hydrogen) atoms. The molecule has 1 heterocycles. The summed E-state index contributed by atoms with van der Waals surface area (Å²) in [4.78, 5) is 15.6. The van der Waals surface area contributed by atoms with Crippen LogP contribution in [0.15, 0.2) is 24.3 Å². The van der Waals surface area contributed by atoms with Crippen LogP contribution < -0.4 is 11.5 Å². The van der Waals surface area contributed by atoms with Gasteiger partial charge in [-0.2, -0.15) is 0 Å². The summed E-state index contributed by atoms with van der Waals surface area (Å²) < 4.78 is 17.9. The second-order valence-electron chi connectivity index (χ2n) is 3.98. The highest BCUT2D eigenvalue weighted by Crippen LogP contribution is 2.31. The van der Waals surface area contributed by atoms with E-state index in [-0.39, 0.29) is 22.1 Å². The Kier molecular flexibility index (Phi) is 3.76. The van der Waals surface area contributed by atoms with Gasteiger partial charge >= 0.3 is 5.97 Å². The molecular weight excluding hydrogens is 285 g/mol. The summed E-state index contributed by atoms with van der Waals surface area (Å²) in [7, 11) is 1.19. The summed E-state index contributed by atoms with van der Waals surface area (Å²) in [5, 5.41) is -0.0180. The predicted octanol–water partition coefficient (Wildman–Crippen LogP) is 2.49. The van der Waals surface area contributed by atoms with E-state index < -0.39 is 11.8 Å². The lowest BCUT2D eigenvalue weighted by Gasteiger charge is -2.10. The number of halogens is 2. The largest absolute Gasteiger partial charge is 0.464 e. The first kappa shape index (κ1) is 14.1. The quantitative estimate of drug-likeness (QED) is 0.656. The summed E-state index contributed by atoms with van der Waals surface area (Å²) in [6.45, 7) is 0. The highest BCUT2D eigenvalue weighted by Gasteiger charge is 2.18. The number of methoxy groups -OCH3 is 1. The second-order valence-corrected chi connectivity index (χ2v) is 4.36. The van der Waals surface area contributed by atoms with Gasteiger partial charge in [-0.15, -0.1) is 0 Å². The van der Waals surface area contributed by atoms with Crippen LogP contribution in [0.5, 0.6) is 0 Å². The van der Waals surface area contributed by atoms with Crippen molar-refractivity contribution >= 4 is 28.9 Å². The summed E-state index contributed by atoms with van der Waals surface area (Å²) in [6, 6.07) is 5.24. The molecule has 0 aliphatic heterocycles. The van der Waals surface area contributed by atoms with Gasteiger partial charge in [-0.05, 0) is 24.3 Å². The maximum Gasteiger partial charge on any atom is 0.358 e. The predicted molar refractivity (Wildman–Crippen MR) is 74.8 cm³/mol. The van der Waals surface area contributed by atoms with Gasteiger partial charge in [0.1, 0.15) is 5.82 Å². The lowest BCUT2D eigenvalue weighted by Crippen LogP contribution is -2.08. The van der Waals surface area contributed by atoms with E-state index in [1.54, 1.807) is 0 Å². The lowest BCUT2D eigenvalue weighted by atomic mass is 10.1. The molecule has 104 valence electrons. The molecule has 0 atom stereocenters. The fourth-order valence-corrected chi connectivity index (χ4v) is 1.84. The molecule has 2 aromatic rings. The summed E-state index contributed by atoms with van der Waals surface area (Å²) in [5.74, 6) is -1.22. The number of benzene rings is 1. The molecule has 0 spiro atoms.